The first-order valence-electron chi connectivity index (χ1n) is 6.08. The van der Waals surface area contributed by atoms with Crippen LogP contribution in [0.5, 0.6) is 0 Å². The highest BCUT2D eigenvalue weighted by Crippen LogP contribution is 2.60. The van der Waals surface area contributed by atoms with Gasteiger partial charge in [-0.3, -0.25) is 0 Å². The highest BCUT2D eigenvalue weighted by atomic mass is 35.7. The predicted octanol–water partition coefficient (Wildman–Crippen LogP) is 3.29. The Hall–Kier alpha value is -0.0200. The Morgan fingerprint density at radius 2 is 1.44 bits per heavy atom. The first kappa shape index (κ1) is 11.1. The molecule has 90 valence electrons. The molecule has 0 spiro atoms. The molecule has 0 aromatic heterocycles. The Morgan fingerprint density at radius 1 is 1.00 bits per heavy atom. The van der Waals surface area contributed by atoms with Gasteiger partial charge >= 0.3 is 0 Å². The molecule has 4 saturated carbocycles. The van der Waals surface area contributed by atoms with Crippen LogP contribution in [0.4, 0.5) is 0 Å². The number of hydrogen-bond acceptors (Lipinski definition) is 2. The van der Waals surface area contributed by atoms with Gasteiger partial charge in [-0.15, -0.1) is 0 Å². The molecule has 2 nitrogen and oxygen atoms in total. The zero-order valence-electron chi connectivity index (χ0n) is 9.23. The maximum atomic E-state index is 11.0. The van der Waals surface area contributed by atoms with Crippen LogP contribution in [0.2, 0.25) is 0 Å². The molecule has 0 N–H and O–H groups in total. The number of hydrogen-bond donors (Lipinski definition) is 0. The molecule has 0 aromatic rings. The summed E-state index contributed by atoms with van der Waals surface area (Å²) in [5, 5.41) is 1.22. The van der Waals surface area contributed by atoms with E-state index in [1.54, 1.807) is 0 Å². The van der Waals surface area contributed by atoms with Crippen LogP contribution in [-0.4, -0.2) is 8.42 Å². The number of halogens is 1. The standard InChI is InChI=1S/C12H17ClO2S/c13-16(14,15)2-1-12-6-9-3-10(7-12)5-11(4-9)8-12/h1-2,9-11H,3-8H2/b2-1+. The minimum Gasteiger partial charge on any atom is -0.208 e. The third-order valence-corrected chi connectivity index (χ3v) is 5.44. The summed E-state index contributed by atoms with van der Waals surface area (Å²) in [6.45, 7) is 0. The third kappa shape index (κ3) is 2.04. The normalized spacial score (nSPS) is 46.7. The van der Waals surface area contributed by atoms with E-state index in [2.05, 4.69) is 0 Å². The zero-order chi connectivity index (χ0) is 11.4. The second kappa shape index (κ2) is 3.49. The van der Waals surface area contributed by atoms with Crippen molar-refractivity contribution in [3.8, 4) is 0 Å². The molecule has 4 rings (SSSR count). The van der Waals surface area contributed by atoms with Crippen LogP contribution in [0.1, 0.15) is 38.5 Å². The molecule has 16 heavy (non-hydrogen) atoms. The molecule has 4 bridgehead atoms. The second-order valence-electron chi connectivity index (χ2n) is 6.06. The van der Waals surface area contributed by atoms with Gasteiger partial charge in [0.05, 0.1) is 0 Å². The maximum Gasteiger partial charge on any atom is 0.254 e. The summed E-state index contributed by atoms with van der Waals surface area (Å²) in [5.74, 6) is 2.52. The maximum absolute atomic E-state index is 11.0. The van der Waals surface area contributed by atoms with E-state index >= 15 is 0 Å². The molecule has 4 aliphatic rings. The van der Waals surface area contributed by atoms with Gasteiger partial charge in [-0.2, -0.15) is 0 Å². The van der Waals surface area contributed by atoms with Gasteiger partial charge in [0, 0.05) is 16.1 Å². The van der Waals surface area contributed by atoms with Gasteiger partial charge in [0.1, 0.15) is 0 Å². The monoisotopic (exact) mass is 260 g/mol. The van der Waals surface area contributed by atoms with Gasteiger partial charge in [0.15, 0.2) is 0 Å². The first-order chi connectivity index (χ1) is 7.44. The molecule has 4 heteroatoms. The van der Waals surface area contributed by atoms with Gasteiger partial charge < -0.3 is 0 Å². The van der Waals surface area contributed by atoms with Crippen molar-refractivity contribution in [2.75, 3.05) is 0 Å². The van der Waals surface area contributed by atoms with E-state index in [0.29, 0.717) is 0 Å². The third-order valence-electron chi connectivity index (χ3n) is 4.67. The summed E-state index contributed by atoms with van der Waals surface area (Å²) in [4.78, 5) is 0. The molecule has 0 aromatic carbocycles. The fourth-order valence-corrected chi connectivity index (χ4v) is 5.21. The lowest BCUT2D eigenvalue weighted by atomic mass is 9.50. The van der Waals surface area contributed by atoms with Crippen LogP contribution in [0.3, 0.4) is 0 Å². The molecular formula is C12H17ClO2S. The van der Waals surface area contributed by atoms with Gasteiger partial charge in [-0.1, -0.05) is 6.08 Å². The van der Waals surface area contributed by atoms with Crippen LogP contribution < -0.4 is 0 Å². The fourth-order valence-electron chi connectivity index (χ4n) is 4.61. The molecule has 4 aliphatic carbocycles. The van der Waals surface area contributed by atoms with Gasteiger partial charge in [-0.05, 0) is 61.7 Å². The van der Waals surface area contributed by atoms with Gasteiger partial charge in [0.25, 0.3) is 9.05 Å². The van der Waals surface area contributed by atoms with Crippen molar-refractivity contribution in [3.63, 3.8) is 0 Å². The minimum absolute atomic E-state index is 0.163. The van der Waals surface area contributed by atoms with Crippen LogP contribution in [-0.2, 0) is 9.05 Å². The molecule has 0 amide bonds. The molecule has 0 atom stereocenters. The van der Waals surface area contributed by atoms with Gasteiger partial charge in [0.2, 0.25) is 0 Å². The summed E-state index contributed by atoms with van der Waals surface area (Å²) in [6.07, 6.45) is 9.58. The Morgan fingerprint density at radius 3 is 1.81 bits per heavy atom. The second-order valence-corrected chi connectivity index (χ2v) is 8.57. The fraction of sp³-hybridized carbons (Fsp3) is 0.833. The minimum atomic E-state index is -3.48. The van der Waals surface area contributed by atoms with E-state index in [4.69, 9.17) is 10.7 Å². The lowest BCUT2D eigenvalue weighted by Gasteiger charge is -2.55. The number of allylic oxidation sites excluding steroid dienone is 1. The summed E-state index contributed by atoms with van der Waals surface area (Å²) >= 11 is 0. The quantitative estimate of drug-likeness (QED) is 0.714. The van der Waals surface area contributed by atoms with Crippen molar-refractivity contribution < 1.29 is 8.42 Å². The molecule has 0 unspecified atom stereocenters. The largest absolute Gasteiger partial charge is 0.254 e. The Kier molecular flexibility index (Phi) is 2.42. The molecule has 0 aliphatic heterocycles. The zero-order valence-corrected chi connectivity index (χ0v) is 10.8. The van der Waals surface area contributed by atoms with Crippen LogP contribution in [0.25, 0.3) is 0 Å². The SMILES string of the molecule is O=S(=O)(Cl)/C=C/C12CC3CC(CC(C3)C1)C2. The van der Waals surface area contributed by atoms with E-state index < -0.39 is 9.05 Å². The van der Waals surface area contributed by atoms with E-state index in [-0.39, 0.29) is 5.41 Å². The molecular weight excluding hydrogens is 244 g/mol. The summed E-state index contributed by atoms with van der Waals surface area (Å²) < 4.78 is 22.0. The van der Waals surface area contributed by atoms with E-state index in [0.717, 1.165) is 17.8 Å². The van der Waals surface area contributed by atoms with E-state index in [1.807, 2.05) is 6.08 Å². The van der Waals surface area contributed by atoms with Crippen LogP contribution in [0, 0.1) is 23.2 Å². The highest BCUT2D eigenvalue weighted by Gasteiger charge is 2.49. The van der Waals surface area contributed by atoms with E-state index in [1.165, 1.54) is 43.9 Å². The highest BCUT2D eigenvalue weighted by molar-refractivity contribution is 8.16. The topological polar surface area (TPSA) is 34.1 Å². The lowest BCUT2D eigenvalue weighted by molar-refractivity contribution is -0.0236. The molecule has 0 heterocycles. The smallest absolute Gasteiger partial charge is 0.208 e. The van der Waals surface area contributed by atoms with E-state index in [9.17, 15) is 8.42 Å². The first-order valence-corrected chi connectivity index (χ1v) is 8.45. The van der Waals surface area contributed by atoms with Crippen LogP contribution >= 0.6 is 10.7 Å². The summed E-state index contributed by atoms with van der Waals surface area (Å²) in [7, 11) is 1.78. The Balaban J connectivity index is 1.86. The average Bonchev–Trinajstić information content (AvgIpc) is 2.11. The lowest BCUT2D eigenvalue weighted by Crippen LogP contribution is -2.45. The van der Waals surface area contributed by atoms with Crippen molar-refractivity contribution in [3.05, 3.63) is 11.5 Å². The average molecular weight is 261 g/mol. The van der Waals surface area contributed by atoms with Crippen molar-refractivity contribution in [2.24, 2.45) is 23.2 Å². The van der Waals surface area contributed by atoms with Crippen molar-refractivity contribution in [1.29, 1.82) is 0 Å². The predicted molar refractivity (Wildman–Crippen MR) is 64.5 cm³/mol. The van der Waals surface area contributed by atoms with Crippen LogP contribution in [0.15, 0.2) is 11.5 Å². The Labute approximate surface area is 101 Å². The van der Waals surface area contributed by atoms with Crippen molar-refractivity contribution in [2.45, 2.75) is 38.5 Å². The molecule has 0 saturated heterocycles. The summed E-state index contributed by atoms with van der Waals surface area (Å²) in [5.41, 5.74) is 0.163. The Bertz CT molecular complexity index is 389. The molecule has 0 radical (unpaired) electrons. The van der Waals surface area contributed by atoms with Crippen molar-refractivity contribution >= 4 is 19.7 Å². The number of rotatable bonds is 2. The molecule has 4 fully saturated rings. The van der Waals surface area contributed by atoms with Crippen molar-refractivity contribution in [1.82, 2.24) is 0 Å². The van der Waals surface area contributed by atoms with Gasteiger partial charge in [-0.25, -0.2) is 8.42 Å². The summed E-state index contributed by atoms with van der Waals surface area (Å²) in [6, 6.07) is 0.